The van der Waals surface area contributed by atoms with Crippen LogP contribution >= 0.6 is 0 Å². The van der Waals surface area contributed by atoms with Crippen molar-refractivity contribution >= 4 is 0 Å². The second kappa shape index (κ2) is 4.56. The molecule has 66 valence electrons. The van der Waals surface area contributed by atoms with E-state index in [1.54, 1.807) is 19.4 Å². The van der Waals surface area contributed by atoms with E-state index >= 15 is 0 Å². The Balaban J connectivity index is 2.46. The molecule has 0 aliphatic heterocycles. The normalized spacial score (nSPS) is 9.75. The van der Waals surface area contributed by atoms with Crippen molar-refractivity contribution in [3.8, 4) is 11.6 Å². The van der Waals surface area contributed by atoms with Crippen LogP contribution in [0.2, 0.25) is 0 Å². The summed E-state index contributed by atoms with van der Waals surface area (Å²) in [4.78, 5) is 3.82. The lowest BCUT2D eigenvalue weighted by Gasteiger charge is -2.04. The molecular weight excluding hydrogens is 158 g/mol. The van der Waals surface area contributed by atoms with Crippen molar-refractivity contribution in [3.05, 3.63) is 18.3 Å². The average molecular weight is 169 g/mol. The Kier molecular flexibility index (Phi) is 3.35. The van der Waals surface area contributed by atoms with Gasteiger partial charge >= 0.3 is 0 Å². The van der Waals surface area contributed by atoms with Crippen LogP contribution in [0.15, 0.2) is 18.3 Å². The predicted octanol–water partition coefficient (Wildman–Crippen LogP) is 0.812. The number of hydrogen-bond acceptors (Lipinski definition) is 4. The zero-order valence-corrected chi connectivity index (χ0v) is 6.86. The fraction of sp³-hybridized carbons (Fsp3) is 0.375. The molecule has 1 aromatic heterocycles. The first kappa shape index (κ1) is 8.80. The smallest absolute Gasteiger partial charge is 0.256 e. The number of aromatic hydroxyl groups is 1. The van der Waals surface area contributed by atoms with Crippen molar-refractivity contribution in [3.63, 3.8) is 0 Å². The van der Waals surface area contributed by atoms with Gasteiger partial charge in [-0.05, 0) is 12.1 Å². The third-order valence-electron chi connectivity index (χ3n) is 1.28. The first-order valence-electron chi connectivity index (χ1n) is 3.60. The van der Waals surface area contributed by atoms with E-state index in [-0.39, 0.29) is 11.6 Å². The van der Waals surface area contributed by atoms with Gasteiger partial charge in [-0.15, -0.1) is 0 Å². The molecule has 0 aromatic carbocycles. The van der Waals surface area contributed by atoms with Gasteiger partial charge in [-0.25, -0.2) is 4.98 Å². The first-order chi connectivity index (χ1) is 5.84. The Hall–Kier alpha value is -1.29. The summed E-state index contributed by atoms with van der Waals surface area (Å²) < 4.78 is 9.86. The van der Waals surface area contributed by atoms with Crippen molar-refractivity contribution < 1.29 is 14.6 Å². The molecule has 1 heterocycles. The van der Waals surface area contributed by atoms with Crippen LogP contribution in [0.4, 0.5) is 0 Å². The maximum atomic E-state index is 9.18. The lowest BCUT2D eigenvalue weighted by molar-refractivity contribution is 0.141. The highest BCUT2D eigenvalue weighted by Crippen LogP contribution is 2.20. The molecule has 4 heteroatoms. The van der Waals surface area contributed by atoms with Crippen LogP contribution in [0.5, 0.6) is 11.6 Å². The minimum absolute atomic E-state index is 0.0496. The zero-order chi connectivity index (χ0) is 8.81. The third-order valence-corrected chi connectivity index (χ3v) is 1.28. The Morgan fingerprint density at radius 2 is 2.33 bits per heavy atom. The molecule has 1 aromatic rings. The van der Waals surface area contributed by atoms with Crippen LogP contribution in [0.25, 0.3) is 0 Å². The second-order valence-electron chi connectivity index (χ2n) is 2.17. The summed E-state index contributed by atoms with van der Waals surface area (Å²) in [7, 11) is 1.58. The van der Waals surface area contributed by atoms with Crippen molar-refractivity contribution in [2.45, 2.75) is 0 Å². The highest BCUT2D eigenvalue weighted by atomic mass is 16.5. The summed E-state index contributed by atoms with van der Waals surface area (Å²) in [6.45, 7) is 0.872. The third kappa shape index (κ3) is 2.39. The molecule has 0 aliphatic carbocycles. The van der Waals surface area contributed by atoms with Crippen molar-refractivity contribution in [2.75, 3.05) is 20.3 Å². The fourth-order valence-corrected chi connectivity index (χ4v) is 0.715. The van der Waals surface area contributed by atoms with E-state index in [0.29, 0.717) is 13.2 Å². The molecule has 1 N–H and O–H groups in total. The van der Waals surface area contributed by atoms with Gasteiger partial charge in [-0.1, -0.05) is 0 Å². The molecule has 0 bridgehead atoms. The number of aromatic nitrogens is 1. The highest BCUT2D eigenvalue weighted by Gasteiger charge is 2.00. The molecule has 0 amide bonds. The van der Waals surface area contributed by atoms with Crippen LogP contribution in [0.1, 0.15) is 0 Å². The molecule has 0 saturated heterocycles. The zero-order valence-electron chi connectivity index (χ0n) is 6.86. The molecule has 0 radical (unpaired) electrons. The Morgan fingerprint density at radius 3 is 3.00 bits per heavy atom. The largest absolute Gasteiger partial charge is 0.503 e. The summed E-state index contributed by atoms with van der Waals surface area (Å²) in [5.74, 6) is 0.295. The lowest BCUT2D eigenvalue weighted by Crippen LogP contribution is -2.05. The number of methoxy groups -OCH3 is 1. The Labute approximate surface area is 70.8 Å². The minimum Gasteiger partial charge on any atom is -0.503 e. The van der Waals surface area contributed by atoms with Crippen LogP contribution in [0.3, 0.4) is 0 Å². The van der Waals surface area contributed by atoms with E-state index in [1.807, 2.05) is 0 Å². The van der Waals surface area contributed by atoms with Gasteiger partial charge in [0.05, 0.1) is 6.61 Å². The monoisotopic (exact) mass is 169 g/mol. The molecule has 4 nitrogen and oxygen atoms in total. The quantitative estimate of drug-likeness (QED) is 0.678. The van der Waals surface area contributed by atoms with Gasteiger partial charge in [0.1, 0.15) is 6.61 Å². The number of rotatable bonds is 4. The molecule has 0 spiro atoms. The predicted molar refractivity (Wildman–Crippen MR) is 43.3 cm³/mol. The standard InChI is InChI=1S/C8H11NO3/c1-11-5-6-12-8-7(10)3-2-4-9-8/h2-4,10H,5-6H2,1H3. The van der Waals surface area contributed by atoms with Crippen LogP contribution < -0.4 is 4.74 Å². The Bertz CT molecular complexity index is 239. The van der Waals surface area contributed by atoms with E-state index in [1.165, 1.54) is 6.07 Å². The van der Waals surface area contributed by atoms with Crippen LogP contribution in [-0.2, 0) is 4.74 Å². The number of nitrogens with zero attached hydrogens (tertiary/aromatic N) is 1. The molecule has 0 saturated carbocycles. The summed E-state index contributed by atoms with van der Waals surface area (Å²) in [5.41, 5.74) is 0. The maximum Gasteiger partial charge on any atom is 0.256 e. The van der Waals surface area contributed by atoms with Gasteiger partial charge in [0.2, 0.25) is 0 Å². The number of hydrogen-bond donors (Lipinski definition) is 1. The Morgan fingerprint density at radius 1 is 1.50 bits per heavy atom. The number of ether oxygens (including phenoxy) is 2. The topological polar surface area (TPSA) is 51.6 Å². The fourth-order valence-electron chi connectivity index (χ4n) is 0.715. The van der Waals surface area contributed by atoms with Gasteiger partial charge in [0.25, 0.3) is 5.88 Å². The SMILES string of the molecule is COCCOc1ncccc1O. The first-order valence-corrected chi connectivity index (χ1v) is 3.60. The van der Waals surface area contributed by atoms with Gasteiger partial charge in [0, 0.05) is 13.3 Å². The summed E-state index contributed by atoms with van der Waals surface area (Å²) in [5, 5.41) is 9.18. The molecule has 0 aliphatic rings. The van der Waals surface area contributed by atoms with Crippen molar-refractivity contribution in [2.24, 2.45) is 0 Å². The van der Waals surface area contributed by atoms with Crippen LogP contribution in [0, 0.1) is 0 Å². The van der Waals surface area contributed by atoms with Gasteiger partial charge in [0.15, 0.2) is 5.75 Å². The molecule has 1 rings (SSSR count). The van der Waals surface area contributed by atoms with Crippen molar-refractivity contribution in [1.82, 2.24) is 4.98 Å². The number of pyridine rings is 1. The summed E-state index contributed by atoms with van der Waals surface area (Å²) in [6.07, 6.45) is 1.56. The van der Waals surface area contributed by atoms with E-state index in [9.17, 15) is 5.11 Å². The van der Waals surface area contributed by atoms with Gasteiger partial charge in [-0.2, -0.15) is 0 Å². The molecule has 12 heavy (non-hydrogen) atoms. The summed E-state index contributed by atoms with van der Waals surface area (Å²) >= 11 is 0. The molecular formula is C8H11NO3. The van der Waals surface area contributed by atoms with Crippen molar-refractivity contribution in [1.29, 1.82) is 0 Å². The van der Waals surface area contributed by atoms with Gasteiger partial charge < -0.3 is 14.6 Å². The highest BCUT2D eigenvalue weighted by molar-refractivity contribution is 5.30. The van der Waals surface area contributed by atoms with E-state index in [2.05, 4.69) is 4.98 Å². The summed E-state index contributed by atoms with van der Waals surface area (Å²) in [6, 6.07) is 3.16. The molecule has 0 unspecified atom stereocenters. The molecule has 0 fully saturated rings. The second-order valence-corrected chi connectivity index (χ2v) is 2.17. The van der Waals surface area contributed by atoms with E-state index in [0.717, 1.165) is 0 Å². The maximum absolute atomic E-state index is 9.18. The minimum atomic E-state index is 0.0496. The van der Waals surface area contributed by atoms with Crippen LogP contribution in [-0.4, -0.2) is 30.4 Å². The molecule has 0 atom stereocenters. The van der Waals surface area contributed by atoms with E-state index < -0.39 is 0 Å². The average Bonchev–Trinajstić information content (AvgIpc) is 2.09. The van der Waals surface area contributed by atoms with Gasteiger partial charge in [-0.3, -0.25) is 0 Å². The van der Waals surface area contributed by atoms with E-state index in [4.69, 9.17) is 9.47 Å². The lowest BCUT2D eigenvalue weighted by atomic mass is 10.4.